The predicted octanol–water partition coefficient (Wildman–Crippen LogP) is 0.407. The number of hydrogen-bond donors (Lipinski definition) is 1. The van der Waals surface area contributed by atoms with E-state index in [0.717, 1.165) is 0 Å². The standard InChI is InChI=1S/C11H12N6O/c1-16-7-13-15-10(16)8-3-2-4-9(14-8)17-6-5-12-11(17)18/h2-4,7H,5-6H2,1H3,(H,12,18). The molecule has 18 heavy (non-hydrogen) atoms. The van der Waals surface area contributed by atoms with Crippen LogP contribution in [-0.2, 0) is 7.05 Å². The fourth-order valence-corrected chi connectivity index (χ4v) is 1.90. The van der Waals surface area contributed by atoms with Gasteiger partial charge in [-0.15, -0.1) is 10.2 Å². The molecule has 0 atom stereocenters. The largest absolute Gasteiger partial charge is 0.336 e. The van der Waals surface area contributed by atoms with E-state index in [1.54, 1.807) is 15.8 Å². The normalized spacial score (nSPS) is 14.9. The highest BCUT2D eigenvalue weighted by Crippen LogP contribution is 2.19. The van der Waals surface area contributed by atoms with E-state index in [-0.39, 0.29) is 6.03 Å². The molecule has 3 rings (SSSR count). The molecular weight excluding hydrogens is 232 g/mol. The maximum atomic E-state index is 11.6. The van der Waals surface area contributed by atoms with E-state index >= 15 is 0 Å². The average Bonchev–Trinajstić information content (AvgIpc) is 2.98. The number of hydrogen-bond acceptors (Lipinski definition) is 4. The highest BCUT2D eigenvalue weighted by atomic mass is 16.2. The highest BCUT2D eigenvalue weighted by molar-refractivity contribution is 5.93. The zero-order chi connectivity index (χ0) is 12.5. The van der Waals surface area contributed by atoms with E-state index in [4.69, 9.17) is 0 Å². The van der Waals surface area contributed by atoms with Gasteiger partial charge in [0.15, 0.2) is 5.82 Å². The van der Waals surface area contributed by atoms with Crippen LogP contribution in [0.5, 0.6) is 0 Å². The highest BCUT2D eigenvalue weighted by Gasteiger charge is 2.22. The van der Waals surface area contributed by atoms with Crippen molar-refractivity contribution in [3.05, 3.63) is 24.5 Å². The molecule has 1 aliphatic heterocycles. The summed E-state index contributed by atoms with van der Waals surface area (Å²) in [7, 11) is 1.85. The van der Waals surface area contributed by atoms with E-state index in [0.29, 0.717) is 30.4 Å². The van der Waals surface area contributed by atoms with Crippen molar-refractivity contribution in [2.75, 3.05) is 18.0 Å². The van der Waals surface area contributed by atoms with Gasteiger partial charge in [-0.05, 0) is 12.1 Å². The molecule has 0 radical (unpaired) electrons. The summed E-state index contributed by atoms with van der Waals surface area (Å²) in [5.41, 5.74) is 0.701. The molecule has 7 nitrogen and oxygen atoms in total. The Morgan fingerprint density at radius 1 is 1.39 bits per heavy atom. The molecule has 0 saturated carbocycles. The molecular formula is C11H12N6O. The van der Waals surface area contributed by atoms with Gasteiger partial charge in [0, 0.05) is 20.1 Å². The lowest BCUT2D eigenvalue weighted by atomic mass is 10.3. The Kier molecular flexibility index (Phi) is 2.44. The monoisotopic (exact) mass is 244 g/mol. The summed E-state index contributed by atoms with van der Waals surface area (Å²) in [5, 5.41) is 10.6. The molecule has 2 aromatic rings. The van der Waals surface area contributed by atoms with Crippen molar-refractivity contribution >= 4 is 11.8 Å². The average molecular weight is 244 g/mol. The Morgan fingerprint density at radius 3 is 2.94 bits per heavy atom. The molecule has 1 fully saturated rings. The first-order chi connectivity index (χ1) is 8.75. The molecule has 2 amide bonds. The minimum Gasteiger partial charge on any atom is -0.336 e. The molecule has 0 unspecified atom stereocenters. The maximum absolute atomic E-state index is 11.6. The summed E-state index contributed by atoms with van der Waals surface area (Å²) in [6.07, 6.45) is 1.62. The SMILES string of the molecule is Cn1cnnc1-c1cccc(N2CCNC2=O)n1. The third-order valence-corrected chi connectivity index (χ3v) is 2.81. The summed E-state index contributed by atoms with van der Waals surface area (Å²) in [4.78, 5) is 17.6. The zero-order valence-electron chi connectivity index (χ0n) is 9.87. The summed E-state index contributed by atoms with van der Waals surface area (Å²) in [6, 6.07) is 5.40. The van der Waals surface area contributed by atoms with Gasteiger partial charge in [-0.2, -0.15) is 0 Å². The van der Waals surface area contributed by atoms with Gasteiger partial charge in [-0.3, -0.25) is 4.90 Å². The molecule has 92 valence electrons. The van der Waals surface area contributed by atoms with Gasteiger partial charge in [0.25, 0.3) is 0 Å². The number of rotatable bonds is 2. The van der Waals surface area contributed by atoms with Gasteiger partial charge in [0.1, 0.15) is 17.8 Å². The number of nitrogens with zero attached hydrogens (tertiary/aromatic N) is 5. The molecule has 1 aliphatic rings. The number of anilines is 1. The Labute approximate surface area is 103 Å². The molecule has 2 aromatic heterocycles. The maximum Gasteiger partial charge on any atom is 0.323 e. The van der Waals surface area contributed by atoms with Crippen LogP contribution >= 0.6 is 0 Å². The Hall–Kier alpha value is -2.44. The van der Waals surface area contributed by atoms with Crippen LogP contribution in [0.25, 0.3) is 11.5 Å². The van der Waals surface area contributed by atoms with E-state index in [2.05, 4.69) is 20.5 Å². The van der Waals surface area contributed by atoms with Crippen molar-refractivity contribution in [1.82, 2.24) is 25.1 Å². The van der Waals surface area contributed by atoms with Gasteiger partial charge in [0.05, 0.1) is 0 Å². The van der Waals surface area contributed by atoms with Crippen LogP contribution in [-0.4, -0.2) is 38.9 Å². The van der Waals surface area contributed by atoms with Gasteiger partial charge in [-0.25, -0.2) is 9.78 Å². The number of aryl methyl sites for hydroxylation is 1. The number of amides is 2. The van der Waals surface area contributed by atoms with Crippen molar-refractivity contribution in [2.24, 2.45) is 7.05 Å². The van der Waals surface area contributed by atoms with Crippen molar-refractivity contribution in [1.29, 1.82) is 0 Å². The minimum absolute atomic E-state index is 0.113. The first-order valence-corrected chi connectivity index (χ1v) is 5.62. The van der Waals surface area contributed by atoms with Crippen molar-refractivity contribution in [2.45, 2.75) is 0 Å². The third-order valence-electron chi connectivity index (χ3n) is 2.81. The third kappa shape index (κ3) is 1.69. The number of carbonyl (C=O) groups is 1. The second-order valence-electron chi connectivity index (χ2n) is 4.03. The zero-order valence-corrected chi connectivity index (χ0v) is 9.87. The van der Waals surface area contributed by atoms with E-state index in [9.17, 15) is 4.79 Å². The Balaban J connectivity index is 1.99. The lowest BCUT2D eigenvalue weighted by molar-refractivity contribution is 0.252. The molecule has 1 N–H and O–H groups in total. The molecule has 1 saturated heterocycles. The van der Waals surface area contributed by atoms with Crippen molar-refractivity contribution in [3.63, 3.8) is 0 Å². The second kappa shape index (κ2) is 4.10. The lowest BCUT2D eigenvalue weighted by Crippen LogP contribution is -2.28. The molecule has 0 spiro atoms. The number of nitrogens with one attached hydrogen (secondary N) is 1. The van der Waals surface area contributed by atoms with Crippen LogP contribution in [0.3, 0.4) is 0 Å². The molecule has 3 heterocycles. The summed E-state index contributed by atoms with van der Waals surface area (Å²) in [5.74, 6) is 1.31. The van der Waals surface area contributed by atoms with Crippen LogP contribution in [0.1, 0.15) is 0 Å². The molecule has 0 aliphatic carbocycles. The van der Waals surface area contributed by atoms with E-state index in [1.165, 1.54) is 0 Å². The summed E-state index contributed by atoms with van der Waals surface area (Å²) in [6.45, 7) is 1.28. The fourth-order valence-electron chi connectivity index (χ4n) is 1.90. The molecule has 0 bridgehead atoms. The van der Waals surface area contributed by atoms with E-state index in [1.807, 2.05) is 25.2 Å². The summed E-state index contributed by atoms with van der Waals surface area (Å²) < 4.78 is 1.79. The number of carbonyl (C=O) groups excluding carboxylic acids is 1. The van der Waals surface area contributed by atoms with Crippen molar-refractivity contribution < 1.29 is 4.79 Å². The van der Waals surface area contributed by atoms with E-state index < -0.39 is 0 Å². The lowest BCUT2D eigenvalue weighted by Gasteiger charge is -2.13. The molecule has 0 aromatic carbocycles. The smallest absolute Gasteiger partial charge is 0.323 e. The van der Waals surface area contributed by atoms with Gasteiger partial charge >= 0.3 is 6.03 Å². The number of urea groups is 1. The number of pyridine rings is 1. The van der Waals surface area contributed by atoms with Gasteiger partial charge < -0.3 is 9.88 Å². The van der Waals surface area contributed by atoms with Crippen LogP contribution < -0.4 is 10.2 Å². The van der Waals surface area contributed by atoms with Gasteiger partial charge in [0.2, 0.25) is 0 Å². The summed E-state index contributed by atoms with van der Waals surface area (Å²) >= 11 is 0. The van der Waals surface area contributed by atoms with Crippen LogP contribution in [0.4, 0.5) is 10.6 Å². The molecule has 7 heteroatoms. The Bertz CT molecular complexity index is 593. The quantitative estimate of drug-likeness (QED) is 0.830. The minimum atomic E-state index is -0.113. The fraction of sp³-hybridized carbons (Fsp3) is 0.273. The van der Waals surface area contributed by atoms with Crippen LogP contribution in [0, 0.1) is 0 Å². The first-order valence-electron chi connectivity index (χ1n) is 5.62. The first kappa shape index (κ1) is 10.7. The topological polar surface area (TPSA) is 75.9 Å². The predicted molar refractivity (Wildman–Crippen MR) is 65.0 cm³/mol. The second-order valence-corrected chi connectivity index (χ2v) is 4.03. The Morgan fingerprint density at radius 2 is 2.28 bits per heavy atom. The van der Waals surface area contributed by atoms with Crippen LogP contribution in [0.15, 0.2) is 24.5 Å². The van der Waals surface area contributed by atoms with Gasteiger partial charge in [-0.1, -0.05) is 6.07 Å². The number of aromatic nitrogens is 4. The van der Waals surface area contributed by atoms with Crippen molar-refractivity contribution in [3.8, 4) is 11.5 Å². The van der Waals surface area contributed by atoms with Crippen LogP contribution in [0.2, 0.25) is 0 Å².